The fourth-order valence-electron chi connectivity index (χ4n) is 4.27. The lowest BCUT2D eigenvalue weighted by molar-refractivity contribution is -0.00546. The van der Waals surface area contributed by atoms with Gasteiger partial charge in [0.15, 0.2) is 0 Å². The Hall–Kier alpha value is -3.92. The highest BCUT2D eigenvalue weighted by Crippen LogP contribution is 2.31. The molecule has 6 rings (SSSR count). The molecule has 1 aliphatic rings. The Kier molecular flexibility index (Phi) is 4.32. The van der Waals surface area contributed by atoms with Crippen molar-refractivity contribution in [3.05, 3.63) is 49.3 Å². The first-order valence-corrected chi connectivity index (χ1v) is 10.5. The van der Waals surface area contributed by atoms with Crippen molar-refractivity contribution in [1.29, 1.82) is 0 Å². The first-order chi connectivity index (χ1) is 15.6. The van der Waals surface area contributed by atoms with Crippen molar-refractivity contribution in [2.45, 2.75) is 26.1 Å². The van der Waals surface area contributed by atoms with Crippen LogP contribution in [0.1, 0.15) is 13.8 Å². The van der Waals surface area contributed by atoms with Gasteiger partial charge in [0.05, 0.1) is 23.4 Å². The molecule has 5 heterocycles. The number of nitrogens with one attached hydrogen (secondary N) is 1. The van der Waals surface area contributed by atoms with E-state index >= 15 is 0 Å². The first-order valence-electron chi connectivity index (χ1n) is 10.5. The number of morpholine rings is 1. The van der Waals surface area contributed by atoms with Gasteiger partial charge in [0.2, 0.25) is 0 Å². The number of aromatic amines is 1. The van der Waals surface area contributed by atoms with E-state index in [9.17, 15) is 0 Å². The van der Waals surface area contributed by atoms with Crippen LogP contribution in [0.4, 0.5) is 5.82 Å². The van der Waals surface area contributed by atoms with Crippen LogP contribution in [0.25, 0.3) is 39.2 Å². The number of H-pyrrole nitrogens is 1. The van der Waals surface area contributed by atoms with E-state index in [0.29, 0.717) is 5.78 Å². The fraction of sp³-hybridized carbons (Fsp3) is 0.273. The van der Waals surface area contributed by atoms with Crippen molar-refractivity contribution >= 4 is 22.5 Å². The maximum Gasteiger partial charge on any atom is 0.252 e. The SMILES string of the molecule is C[C@@H]1CN(c2cc(-c3n[nH]c4ccc(-c5cnc6ncnn6c5)cc34)ncn2)C[C@H](C)O1. The van der Waals surface area contributed by atoms with Crippen LogP contribution in [-0.2, 0) is 4.74 Å². The van der Waals surface area contributed by atoms with Gasteiger partial charge < -0.3 is 9.64 Å². The third-order valence-electron chi connectivity index (χ3n) is 5.67. The number of benzene rings is 1. The summed E-state index contributed by atoms with van der Waals surface area (Å²) in [5.74, 6) is 1.45. The first kappa shape index (κ1) is 18.8. The zero-order valence-corrected chi connectivity index (χ0v) is 17.7. The zero-order valence-electron chi connectivity index (χ0n) is 17.7. The van der Waals surface area contributed by atoms with Crippen molar-refractivity contribution in [2.75, 3.05) is 18.0 Å². The fourth-order valence-corrected chi connectivity index (χ4v) is 4.27. The van der Waals surface area contributed by atoms with Crippen LogP contribution in [0.2, 0.25) is 0 Å². The summed E-state index contributed by atoms with van der Waals surface area (Å²) < 4.78 is 7.52. The molecule has 0 radical (unpaired) electrons. The summed E-state index contributed by atoms with van der Waals surface area (Å²) in [4.78, 5) is 19.7. The summed E-state index contributed by atoms with van der Waals surface area (Å²) in [7, 11) is 0. The van der Waals surface area contributed by atoms with Gasteiger partial charge in [-0.05, 0) is 31.5 Å². The lowest BCUT2D eigenvalue weighted by atomic mass is 10.0. The molecule has 0 spiro atoms. The van der Waals surface area contributed by atoms with E-state index in [-0.39, 0.29) is 12.2 Å². The molecule has 160 valence electrons. The molecule has 1 N–H and O–H groups in total. The molecule has 32 heavy (non-hydrogen) atoms. The van der Waals surface area contributed by atoms with Crippen LogP contribution in [0, 0.1) is 0 Å². The molecule has 0 amide bonds. The molecule has 10 heteroatoms. The highest BCUT2D eigenvalue weighted by atomic mass is 16.5. The third-order valence-corrected chi connectivity index (χ3v) is 5.67. The number of hydrogen-bond acceptors (Lipinski definition) is 8. The zero-order chi connectivity index (χ0) is 21.7. The Morgan fingerprint density at radius 2 is 1.84 bits per heavy atom. The van der Waals surface area contributed by atoms with Gasteiger partial charge in [0.1, 0.15) is 24.2 Å². The Balaban J connectivity index is 1.40. The molecule has 10 nitrogen and oxygen atoms in total. The van der Waals surface area contributed by atoms with E-state index in [1.54, 1.807) is 17.0 Å². The molecular formula is C22H21N9O. The van der Waals surface area contributed by atoms with Crippen molar-refractivity contribution in [3.8, 4) is 22.5 Å². The normalized spacial score (nSPS) is 19.1. The van der Waals surface area contributed by atoms with E-state index in [0.717, 1.165) is 52.3 Å². The second kappa shape index (κ2) is 7.34. The molecular weight excluding hydrogens is 406 g/mol. The lowest BCUT2D eigenvalue weighted by Gasteiger charge is -2.36. The van der Waals surface area contributed by atoms with E-state index in [4.69, 9.17) is 4.74 Å². The highest BCUT2D eigenvalue weighted by molar-refractivity contribution is 5.95. The minimum absolute atomic E-state index is 0.155. The van der Waals surface area contributed by atoms with Crippen LogP contribution in [0.3, 0.4) is 0 Å². The third kappa shape index (κ3) is 3.25. The van der Waals surface area contributed by atoms with Gasteiger partial charge in [0.25, 0.3) is 5.78 Å². The standard InChI is InChI=1S/C22H21N9O/c1-13-8-30(9-14(2)32-13)20-6-19(24-11-25-20)21-17-5-15(3-4-18(17)28-29-21)16-7-23-22-26-12-27-31(22)10-16/h3-7,10-14H,8-9H2,1-2H3,(H,28,29)/t13-,14+. The van der Waals surface area contributed by atoms with Gasteiger partial charge in [-0.15, -0.1) is 0 Å². The largest absolute Gasteiger partial charge is 0.372 e. The summed E-state index contributed by atoms with van der Waals surface area (Å²) in [5, 5.41) is 12.8. The van der Waals surface area contributed by atoms with Crippen LogP contribution in [0.5, 0.6) is 0 Å². The predicted molar refractivity (Wildman–Crippen MR) is 119 cm³/mol. The molecule has 0 aliphatic carbocycles. The number of rotatable bonds is 3. The van der Waals surface area contributed by atoms with Gasteiger partial charge in [0, 0.05) is 42.5 Å². The van der Waals surface area contributed by atoms with Crippen LogP contribution in [-0.4, -0.2) is 65.0 Å². The average Bonchev–Trinajstić information content (AvgIpc) is 3.44. The van der Waals surface area contributed by atoms with E-state index in [2.05, 4.69) is 60.0 Å². The Bertz CT molecular complexity index is 1420. The van der Waals surface area contributed by atoms with Crippen molar-refractivity contribution in [3.63, 3.8) is 0 Å². The van der Waals surface area contributed by atoms with Gasteiger partial charge in [-0.25, -0.2) is 19.5 Å². The monoisotopic (exact) mass is 427 g/mol. The summed E-state index contributed by atoms with van der Waals surface area (Å²) in [6.45, 7) is 5.76. The second-order valence-electron chi connectivity index (χ2n) is 8.10. The summed E-state index contributed by atoms with van der Waals surface area (Å²) >= 11 is 0. The number of aromatic nitrogens is 8. The van der Waals surface area contributed by atoms with Gasteiger partial charge in [-0.3, -0.25) is 5.10 Å². The van der Waals surface area contributed by atoms with E-state index in [1.165, 1.54) is 6.33 Å². The molecule has 1 fully saturated rings. The quantitative estimate of drug-likeness (QED) is 0.468. The Morgan fingerprint density at radius 1 is 0.969 bits per heavy atom. The van der Waals surface area contributed by atoms with Crippen molar-refractivity contribution < 1.29 is 4.74 Å². The van der Waals surface area contributed by atoms with Crippen LogP contribution >= 0.6 is 0 Å². The molecule has 0 unspecified atom stereocenters. The number of hydrogen-bond donors (Lipinski definition) is 1. The summed E-state index contributed by atoms with van der Waals surface area (Å²) in [6, 6.07) is 8.14. The Morgan fingerprint density at radius 3 is 2.72 bits per heavy atom. The molecule has 2 atom stereocenters. The highest BCUT2D eigenvalue weighted by Gasteiger charge is 2.24. The minimum atomic E-state index is 0.155. The van der Waals surface area contributed by atoms with E-state index in [1.807, 2.05) is 24.4 Å². The minimum Gasteiger partial charge on any atom is -0.372 e. The molecule has 0 saturated carbocycles. The number of fused-ring (bicyclic) bond motifs is 2. The molecule has 1 aromatic carbocycles. The molecule has 5 aromatic rings. The van der Waals surface area contributed by atoms with Gasteiger partial charge >= 0.3 is 0 Å². The smallest absolute Gasteiger partial charge is 0.252 e. The average molecular weight is 427 g/mol. The molecule has 4 aromatic heterocycles. The van der Waals surface area contributed by atoms with Crippen molar-refractivity contribution in [1.82, 2.24) is 39.7 Å². The van der Waals surface area contributed by atoms with E-state index < -0.39 is 0 Å². The van der Waals surface area contributed by atoms with Crippen molar-refractivity contribution in [2.24, 2.45) is 0 Å². The second-order valence-corrected chi connectivity index (χ2v) is 8.10. The number of nitrogens with zero attached hydrogens (tertiary/aromatic N) is 8. The van der Waals surface area contributed by atoms with Gasteiger partial charge in [-0.1, -0.05) is 6.07 Å². The van der Waals surface area contributed by atoms with Crippen LogP contribution in [0.15, 0.2) is 49.3 Å². The number of anilines is 1. The van der Waals surface area contributed by atoms with Gasteiger partial charge in [-0.2, -0.15) is 15.2 Å². The van der Waals surface area contributed by atoms with Crippen LogP contribution < -0.4 is 4.90 Å². The maximum absolute atomic E-state index is 5.86. The lowest BCUT2D eigenvalue weighted by Crippen LogP contribution is -2.45. The maximum atomic E-state index is 5.86. The summed E-state index contributed by atoms with van der Waals surface area (Å²) in [6.07, 6.45) is 7.12. The number of ether oxygens (including phenoxy) is 1. The molecule has 1 aliphatic heterocycles. The molecule has 0 bridgehead atoms. The Labute approximate surface area is 183 Å². The predicted octanol–water partition coefficient (Wildman–Crippen LogP) is 2.74. The topological polar surface area (TPSA) is 110 Å². The summed E-state index contributed by atoms with van der Waals surface area (Å²) in [5.41, 5.74) is 4.45. The molecule has 1 saturated heterocycles.